The number of carbonyl (C=O) groups excluding carboxylic acids is 1. The maximum atomic E-state index is 13.1. The minimum atomic E-state index is -3.43. The number of nitrogens with one attached hydrogen (secondary N) is 2. The minimum Gasteiger partial charge on any atom is -0.477 e. The normalized spacial score (nSPS) is 15.1. The van der Waals surface area contributed by atoms with Crippen molar-refractivity contribution in [2.45, 2.75) is 51.2 Å². The molecule has 0 radical (unpaired) electrons. The molecule has 1 aromatic carbocycles. The first-order valence-electron chi connectivity index (χ1n) is 11.4. The number of amides is 1. The van der Waals surface area contributed by atoms with Crippen LogP contribution in [0.25, 0.3) is 0 Å². The molecule has 0 bridgehead atoms. The summed E-state index contributed by atoms with van der Waals surface area (Å²) in [5, 5.41) is 14.0. The van der Waals surface area contributed by atoms with Crippen molar-refractivity contribution in [1.29, 1.82) is 5.26 Å². The minimum absolute atomic E-state index is 0.243. The van der Waals surface area contributed by atoms with E-state index in [9.17, 15) is 18.5 Å². The maximum Gasteiger partial charge on any atom is 0.237 e. The van der Waals surface area contributed by atoms with Gasteiger partial charge in [-0.1, -0.05) is 13.0 Å². The second kappa shape index (κ2) is 11.9. The van der Waals surface area contributed by atoms with Gasteiger partial charge in [0.25, 0.3) is 0 Å². The zero-order valence-electron chi connectivity index (χ0n) is 20.3. The van der Waals surface area contributed by atoms with Gasteiger partial charge >= 0.3 is 0 Å². The Morgan fingerprint density at radius 1 is 1.42 bits per heavy atom. The van der Waals surface area contributed by atoms with E-state index in [1.807, 2.05) is 13.8 Å². The van der Waals surface area contributed by atoms with Gasteiger partial charge in [0.15, 0.2) is 5.13 Å². The first-order valence-corrected chi connectivity index (χ1v) is 13.8. The summed E-state index contributed by atoms with van der Waals surface area (Å²) >= 11 is 1.14. The van der Waals surface area contributed by atoms with Gasteiger partial charge in [0.2, 0.25) is 21.8 Å². The van der Waals surface area contributed by atoms with Crippen LogP contribution in [0.15, 0.2) is 45.6 Å². The topological polar surface area (TPSA) is 146 Å². The van der Waals surface area contributed by atoms with Gasteiger partial charge in [0.1, 0.15) is 6.07 Å². The third-order valence-corrected chi connectivity index (χ3v) is 8.12. The number of thiazole rings is 1. The van der Waals surface area contributed by atoms with Crippen LogP contribution >= 0.6 is 11.3 Å². The molecule has 3 rings (SSSR count). The zero-order chi connectivity index (χ0) is 26.3. The second-order valence-electron chi connectivity index (χ2n) is 8.03. The van der Waals surface area contributed by atoms with E-state index in [4.69, 9.17) is 4.74 Å². The lowest BCUT2D eigenvalue weighted by Crippen LogP contribution is -2.22. The fraction of sp³-hybridized carbons (Fsp3) is 0.375. The highest BCUT2D eigenvalue weighted by Crippen LogP contribution is 2.32. The number of sulfonamides is 1. The molecular weight excluding hydrogens is 500 g/mol. The smallest absolute Gasteiger partial charge is 0.237 e. The quantitative estimate of drug-likeness (QED) is 0.308. The van der Waals surface area contributed by atoms with E-state index in [0.717, 1.165) is 11.3 Å². The van der Waals surface area contributed by atoms with Crippen molar-refractivity contribution >= 4 is 50.5 Å². The number of nitrogens with zero attached hydrogens (tertiary/aromatic N) is 4. The van der Waals surface area contributed by atoms with E-state index in [1.165, 1.54) is 6.20 Å². The number of hydrogen-bond acceptors (Lipinski definition) is 9. The highest BCUT2D eigenvalue weighted by Gasteiger charge is 2.36. The highest BCUT2D eigenvalue weighted by molar-refractivity contribution is 7.93. The molecular formula is C24H28N6O4S2. The first-order chi connectivity index (χ1) is 17.2. The number of benzene rings is 1. The summed E-state index contributed by atoms with van der Waals surface area (Å²) < 4.78 is 32.3. The molecule has 12 heteroatoms. The van der Waals surface area contributed by atoms with Gasteiger partial charge in [-0.3, -0.25) is 14.5 Å². The number of aromatic nitrogens is 1. The Balaban J connectivity index is 1.76. The van der Waals surface area contributed by atoms with Gasteiger partial charge in [0, 0.05) is 11.1 Å². The molecule has 10 nitrogen and oxygen atoms in total. The molecule has 1 atom stereocenters. The molecule has 0 saturated heterocycles. The molecule has 190 valence electrons. The van der Waals surface area contributed by atoms with Crippen LogP contribution < -0.4 is 10.0 Å². The third-order valence-electron chi connectivity index (χ3n) is 5.38. The molecule has 1 saturated carbocycles. The zero-order valence-corrected chi connectivity index (χ0v) is 21.9. The molecule has 1 fully saturated rings. The van der Waals surface area contributed by atoms with Gasteiger partial charge in [-0.2, -0.15) is 5.26 Å². The number of aliphatic imine (C=N–C) groups is 2. The van der Waals surface area contributed by atoms with Gasteiger partial charge in [0.05, 0.1) is 40.9 Å². The van der Waals surface area contributed by atoms with Crippen LogP contribution in [0, 0.1) is 11.3 Å². The van der Waals surface area contributed by atoms with Crippen molar-refractivity contribution in [3.8, 4) is 6.07 Å². The number of hydrogen-bond donors (Lipinski definition) is 2. The average molecular weight is 529 g/mol. The Kier molecular flexibility index (Phi) is 8.95. The number of carbonyl (C=O) groups is 1. The fourth-order valence-corrected chi connectivity index (χ4v) is 5.71. The lowest BCUT2D eigenvalue weighted by molar-refractivity contribution is -0.117. The first kappa shape index (κ1) is 27.0. The molecule has 36 heavy (non-hydrogen) atoms. The van der Waals surface area contributed by atoms with Gasteiger partial charge in [-0.25, -0.2) is 18.4 Å². The Bertz CT molecular complexity index is 1340. The molecule has 2 aromatic rings. The van der Waals surface area contributed by atoms with E-state index >= 15 is 0 Å². The van der Waals surface area contributed by atoms with Crippen molar-refractivity contribution < 1.29 is 17.9 Å². The number of nitriles is 1. The molecule has 2 N–H and O–H groups in total. The molecule has 1 aromatic heterocycles. The van der Waals surface area contributed by atoms with Gasteiger partial charge in [-0.05, 0) is 57.5 Å². The summed E-state index contributed by atoms with van der Waals surface area (Å²) in [6, 6.07) is 7.13. The lowest BCUT2D eigenvalue weighted by atomic mass is 10.0. The predicted molar refractivity (Wildman–Crippen MR) is 142 cm³/mol. The molecule has 1 heterocycles. The van der Waals surface area contributed by atoms with Crippen LogP contribution in [-0.4, -0.2) is 43.6 Å². The highest BCUT2D eigenvalue weighted by atomic mass is 32.2. The van der Waals surface area contributed by atoms with Crippen LogP contribution in [0.3, 0.4) is 0 Å². The molecule has 0 aliphatic heterocycles. The van der Waals surface area contributed by atoms with Crippen LogP contribution in [-0.2, 0) is 19.6 Å². The Hall–Kier alpha value is -3.56. The standard InChI is InChI=1S/C24H28N6O4S2/c1-5-19(21-14-35-24(29-21)30-36(32,33)18-8-9-18)23(31)28-20-10-7-16(11-17(20)12-25)15(3)27-22(13-26-4)34-6-2/h7,10-11,13-14,18-19H,4-6,8-9H2,1-3H3,(H,28,31)(H,29,30)/b22-13+,27-15?. The fourth-order valence-electron chi connectivity index (χ4n) is 3.35. The van der Waals surface area contributed by atoms with Crippen LogP contribution in [0.4, 0.5) is 10.8 Å². The number of anilines is 2. The third kappa shape index (κ3) is 6.77. The van der Waals surface area contributed by atoms with Crippen molar-refractivity contribution in [3.05, 3.63) is 52.5 Å². The van der Waals surface area contributed by atoms with Crippen molar-refractivity contribution in [2.24, 2.45) is 9.98 Å². The maximum absolute atomic E-state index is 13.1. The summed E-state index contributed by atoms with van der Waals surface area (Å²) in [5.74, 6) is -0.651. The molecule has 0 spiro atoms. The Morgan fingerprint density at radius 3 is 2.78 bits per heavy atom. The molecule has 1 amide bonds. The number of rotatable bonds is 12. The molecule has 1 unspecified atom stereocenters. The summed E-state index contributed by atoms with van der Waals surface area (Å²) in [5.41, 5.74) is 2.37. The molecule has 1 aliphatic carbocycles. The Labute approximate surface area is 214 Å². The van der Waals surface area contributed by atoms with Crippen molar-refractivity contribution in [2.75, 3.05) is 16.6 Å². The van der Waals surface area contributed by atoms with Gasteiger partial charge < -0.3 is 10.1 Å². The monoisotopic (exact) mass is 528 g/mol. The lowest BCUT2D eigenvalue weighted by Gasteiger charge is -2.14. The number of ether oxygens (including phenoxy) is 1. The molecule has 1 aliphatic rings. The average Bonchev–Trinajstić information content (AvgIpc) is 3.62. The van der Waals surface area contributed by atoms with E-state index in [0.29, 0.717) is 54.4 Å². The summed E-state index contributed by atoms with van der Waals surface area (Å²) in [7, 11) is -3.43. The van der Waals surface area contributed by atoms with Crippen LogP contribution in [0.2, 0.25) is 0 Å². The van der Waals surface area contributed by atoms with E-state index in [2.05, 4.69) is 37.8 Å². The van der Waals surface area contributed by atoms with Gasteiger partial charge in [-0.15, -0.1) is 11.3 Å². The summed E-state index contributed by atoms with van der Waals surface area (Å²) in [4.78, 5) is 25.5. The van der Waals surface area contributed by atoms with E-state index in [1.54, 1.807) is 30.5 Å². The van der Waals surface area contributed by atoms with Crippen molar-refractivity contribution in [3.63, 3.8) is 0 Å². The summed E-state index contributed by atoms with van der Waals surface area (Å²) in [6.07, 6.45) is 3.14. The predicted octanol–water partition coefficient (Wildman–Crippen LogP) is 4.40. The summed E-state index contributed by atoms with van der Waals surface area (Å²) in [6.45, 7) is 9.26. The van der Waals surface area contributed by atoms with Crippen molar-refractivity contribution in [1.82, 2.24) is 4.98 Å². The Morgan fingerprint density at radius 2 is 2.17 bits per heavy atom. The SMILES string of the molecule is C=N/C=C(\N=C(C)c1ccc(NC(=O)C(CC)c2csc(NS(=O)(=O)C3CC3)n2)c(C#N)c1)OCC. The van der Waals surface area contributed by atoms with E-state index in [-0.39, 0.29) is 21.9 Å². The largest absolute Gasteiger partial charge is 0.477 e. The second-order valence-corrected chi connectivity index (χ2v) is 10.8. The van der Waals surface area contributed by atoms with E-state index < -0.39 is 15.9 Å². The van der Waals surface area contributed by atoms with Crippen LogP contribution in [0.1, 0.15) is 62.8 Å². The van der Waals surface area contributed by atoms with Crippen LogP contribution in [0.5, 0.6) is 0 Å².